The van der Waals surface area contributed by atoms with Gasteiger partial charge in [-0.3, -0.25) is 0 Å². The normalized spacial score (nSPS) is 48.2. The highest BCUT2D eigenvalue weighted by Crippen LogP contribution is 2.33. The van der Waals surface area contributed by atoms with Gasteiger partial charge in [0, 0.05) is 25.2 Å². The standard InChI is InChI=1S/C12H22N2O/c1-15-11-5-10(6-11)13-7-8-4-9-2-3-12(8)14-9/h8-14H,2-7H2,1H3. The molecular weight excluding hydrogens is 188 g/mol. The van der Waals surface area contributed by atoms with Gasteiger partial charge in [0.25, 0.3) is 0 Å². The number of hydrogen-bond acceptors (Lipinski definition) is 3. The molecule has 3 nitrogen and oxygen atoms in total. The topological polar surface area (TPSA) is 33.3 Å². The molecule has 2 bridgehead atoms. The first kappa shape index (κ1) is 10.1. The summed E-state index contributed by atoms with van der Waals surface area (Å²) in [4.78, 5) is 0. The van der Waals surface area contributed by atoms with Crippen LogP contribution in [0, 0.1) is 5.92 Å². The van der Waals surface area contributed by atoms with E-state index in [0.29, 0.717) is 6.10 Å². The second kappa shape index (κ2) is 4.04. The monoisotopic (exact) mass is 210 g/mol. The van der Waals surface area contributed by atoms with Crippen molar-refractivity contribution in [3.63, 3.8) is 0 Å². The first-order chi connectivity index (χ1) is 7.35. The van der Waals surface area contributed by atoms with E-state index in [4.69, 9.17) is 4.74 Å². The summed E-state index contributed by atoms with van der Waals surface area (Å²) >= 11 is 0. The molecule has 3 atom stereocenters. The third-order valence-electron chi connectivity index (χ3n) is 4.53. The zero-order valence-electron chi connectivity index (χ0n) is 9.54. The van der Waals surface area contributed by atoms with Crippen molar-refractivity contribution in [3.8, 4) is 0 Å². The highest BCUT2D eigenvalue weighted by Gasteiger charge is 2.39. The maximum Gasteiger partial charge on any atom is 0.0601 e. The third kappa shape index (κ3) is 1.93. The van der Waals surface area contributed by atoms with E-state index in [2.05, 4.69) is 10.6 Å². The molecule has 3 fully saturated rings. The molecule has 0 radical (unpaired) electrons. The fourth-order valence-electron chi connectivity index (χ4n) is 3.41. The first-order valence-electron chi connectivity index (χ1n) is 6.37. The van der Waals surface area contributed by atoms with Gasteiger partial charge in [0.15, 0.2) is 0 Å². The van der Waals surface area contributed by atoms with Crippen LogP contribution in [0.5, 0.6) is 0 Å². The molecule has 2 saturated heterocycles. The Hall–Kier alpha value is -0.120. The maximum atomic E-state index is 5.29. The third-order valence-corrected chi connectivity index (χ3v) is 4.53. The Morgan fingerprint density at radius 1 is 1.27 bits per heavy atom. The molecule has 2 aliphatic heterocycles. The number of methoxy groups -OCH3 is 1. The summed E-state index contributed by atoms with van der Waals surface area (Å²) in [5.41, 5.74) is 0. The van der Waals surface area contributed by atoms with Crippen LogP contribution < -0.4 is 10.6 Å². The van der Waals surface area contributed by atoms with Crippen LogP contribution in [0.2, 0.25) is 0 Å². The molecule has 2 heterocycles. The molecule has 0 aromatic carbocycles. The fraction of sp³-hybridized carbons (Fsp3) is 1.00. The van der Waals surface area contributed by atoms with Gasteiger partial charge in [0.05, 0.1) is 6.10 Å². The SMILES string of the molecule is COC1CC(NCC2CC3CCC2N3)C1. The van der Waals surface area contributed by atoms with E-state index in [1.165, 1.54) is 38.6 Å². The predicted molar refractivity (Wildman–Crippen MR) is 59.9 cm³/mol. The van der Waals surface area contributed by atoms with Gasteiger partial charge in [0.2, 0.25) is 0 Å². The van der Waals surface area contributed by atoms with Gasteiger partial charge in [0.1, 0.15) is 0 Å². The lowest BCUT2D eigenvalue weighted by atomic mass is 9.86. The highest BCUT2D eigenvalue weighted by atomic mass is 16.5. The van der Waals surface area contributed by atoms with Gasteiger partial charge in [-0.25, -0.2) is 0 Å². The van der Waals surface area contributed by atoms with Crippen LogP contribution in [0.1, 0.15) is 32.1 Å². The van der Waals surface area contributed by atoms with Crippen LogP contribution in [0.3, 0.4) is 0 Å². The minimum Gasteiger partial charge on any atom is -0.381 e. The van der Waals surface area contributed by atoms with Crippen LogP contribution in [0.25, 0.3) is 0 Å². The molecule has 1 saturated carbocycles. The van der Waals surface area contributed by atoms with Crippen LogP contribution in [-0.2, 0) is 4.74 Å². The summed E-state index contributed by atoms with van der Waals surface area (Å²) in [5.74, 6) is 0.894. The van der Waals surface area contributed by atoms with Crippen LogP contribution >= 0.6 is 0 Å². The van der Waals surface area contributed by atoms with Crippen LogP contribution in [-0.4, -0.2) is 37.9 Å². The Bertz CT molecular complexity index is 228. The summed E-state index contributed by atoms with van der Waals surface area (Å²) in [7, 11) is 1.82. The second-order valence-corrected chi connectivity index (χ2v) is 5.48. The molecule has 0 aromatic heterocycles. The first-order valence-corrected chi connectivity index (χ1v) is 6.37. The van der Waals surface area contributed by atoms with E-state index in [9.17, 15) is 0 Å². The largest absolute Gasteiger partial charge is 0.381 e. The van der Waals surface area contributed by atoms with Gasteiger partial charge in [-0.15, -0.1) is 0 Å². The second-order valence-electron chi connectivity index (χ2n) is 5.48. The van der Waals surface area contributed by atoms with Gasteiger partial charge in [-0.2, -0.15) is 0 Å². The van der Waals surface area contributed by atoms with E-state index in [-0.39, 0.29) is 0 Å². The van der Waals surface area contributed by atoms with Crippen molar-refractivity contribution in [2.75, 3.05) is 13.7 Å². The van der Waals surface area contributed by atoms with Crippen LogP contribution in [0.15, 0.2) is 0 Å². The number of rotatable bonds is 4. The van der Waals surface area contributed by atoms with Crippen molar-refractivity contribution in [2.45, 2.75) is 56.3 Å². The molecule has 86 valence electrons. The molecule has 0 aromatic rings. The van der Waals surface area contributed by atoms with E-state index in [1.807, 2.05) is 7.11 Å². The summed E-state index contributed by atoms with van der Waals surface area (Å²) in [5, 5.41) is 7.38. The molecule has 0 spiro atoms. The van der Waals surface area contributed by atoms with Crippen molar-refractivity contribution in [3.05, 3.63) is 0 Å². The fourth-order valence-corrected chi connectivity index (χ4v) is 3.41. The van der Waals surface area contributed by atoms with Crippen LogP contribution in [0.4, 0.5) is 0 Å². The number of nitrogens with one attached hydrogen (secondary N) is 2. The Labute approximate surface area is 91.9 Å². The van der Waals surface area contributed by atoms with E-state index >= 15 is 0 Å². The highest BCUT2D eigenvalue weighted by molar-refractivity contribution is 4.98. The molecule has 0 amide bonds. The predicted octanol–water partition coefficient (Wildman–Crippen LogP) is 0.894. The van der Waals surface area contributed by atoms with Crippen molar-refractivity contribution in [1.29, 1.82) is 0 Å². The minimum atomic E-state index is 0.528. The molecule has 1 aliphatic carbocycles. The zero-order valence-corrected chi connectivity index (χ0v) is 9.54. The van der Waals surface area contributed by atoms with Crippen molar-refractivity contribution in [2.24, 2.45) is 5.92 Å². The molecule has 3 heteroatoms. The van der Waals surface area contributed by atoms with E-state index < -0.39 is 0 Å². The lowest BCUT2D eigenvalue weighted by molar-refractivity contribution is 0.0162. The van der Waals surface area contributed by atoms with Crippen molar-refractivity contribution in [1.82, 2.24) is 10.6 Å². The molecule has 3 unspecified atom stereocenters. The summed E-state index contributed by atoms with van der Waals surface area (Å²) in [6.45, 7) is 1.22. The van der Waals surface area contributed by atoms with E-state index in [1.54, 1.807) is 0 Å². The Morgan fingerprint density at radius 3 is 2.73 bits per heavy atom. The van der Waals surface area contributed by atoms with E-state index in [0.717, 1.165) is 24.0 Å². The number of hydrogen-bond donors (Lipinski definition) is 2. The molecule has 2 N–H and O–H groups in total. The van der Waals surface area contributed by atoms with Crippen molar-refractivity contribution < 1.29 is 4.74 Å². The summed E-state index contributed by atoms with van der Waals surface area (Å²) in [6.07, 6.45) is 7.17. The zero-order chi connectivity index (χ0) is 10.3. The van der Waals surface area contributed by atoms with Crippen molar-refractivity contribution >= 4 is 0 Å². The average molecular weight is 210 g/mol. The maximum absolute atomic E-state index is 5.29. The lowest BCUT2D eigenvalue weighted by Crippen LogP contribution is -2.47. The molecule has 3 rings (SSSR count). The Balaban J connectivity index is 1.37. The Kier molecular flexibility index (Phi) is 2.71. The number of ether oxygens (including phenoxy) is 1. The van der Waals surface area contributed by atoms with Gasteiger partial charge < -0.3 is 15.4 Å². The Morgan fingerprint density at radius 2 is 2.13 bits per heavy atom. The molecule has 3 aliphatic rings. The summed E-state index contributed by atoms with van der Waals surface area (Å²) < 4.78 is 5.29. The van der Waals surface area contributed by atoms with Gasteiger partial charge in [-0.1, -0.05) is 0 Å². The average Bonchev–Trinajstić information content (AvgIpc) is 2.77. The summed E-state index contributed by atoms with van der Waals surface area (Å²) in [6, 6.07) is 2.39. The molecular formula is C12H22N2O. The van der Waals surface area contributed by atoms with Gasteiger partial charge in [-0.05, 0) is 44.6 Å². The smallest absolute Gasteiger partial charge is 0.0601 e. The lowest BCUT2D eigenvalue weighted by Gasteiger charge is -2.36. The van der Waals surface area contributed by atoms with Gasteiger partial charge >= 0.3 is 0 Å². The molecule has 15 heavy (non-hydrogen) atoms. The minimum absolute atomic E-state index is 0.528. The quantitative estimate of drug-likeness (QED) is 0.723. The number of fused-ring (bicyclic) bond motifs is 2.